The van der Waals surface area contributed by atoms with E-state index >= 15 is 0 Å². The maximum absolute atomic E-state index is 9.73. The van der Waals surface area contributed by atoms with Gasteiger partial charge < -0.3 is 9.84 Å². The third-order valence-electron chi connectivity index (χ3n) is 2.34. The van der Waals surface area contributed by atoms with Crippen LogP contribution in [0.5, 0.6) is 0 Å². The number of hydrogen-bond donors (Lipinski definition) is 1. The van der Waals surface area contributed by atoms with Crippen molar-refractivity contribution in [1.29, 1.82) is 0 Å². The molecule has 0 bridgehead atoms. The highest BCUT2D eigenvalue weighted by molar-refractivity contribution is 4.93. The maximum Gasteiger partial charge on any atom is 0.0650 e. The molecule has 2 heteroatoms. The SMILES string of the molecule is C=CC(C)(C)[C@H](O)C[C@@H](C)OC. The zero-order valence-corrected chi connectivity index (χ0v) is 8.50. The van der Waals surface area contributed by atoms with E-state index in [1.54, 1.807) is 13.2 Å². The van der Waals surface area contributed by atoms with Crippen molar-refractivity contribution >= 4 is 0 Å². The summed E-state index contributed by atoms with van der Waals surface area (Å²) in [6.45, 7) is 9.56. The molecular weight excluding hydrogens is 152 g/mol. The molecule has 12 heavy (non-hydrogen) atoms. The predicted octanol–water partition coefficient (Wildman–Crippen LogP) is 1.98. The molecule has 0 radical (unpaired) electrons. The fraction of sp³-hybridized carbons (Fsp3) is 0.800. The number of aliphatic hydroxyl groups is 1. The van der Waals surface area contributed by atoms with E-state index in [4.69, 9.17) is 4.74 Å². The van der Waals surface area contributed by atoms with Gasteiger partial charge in [-0.25, -0.2) is 0 Å². The van der Waals surface area contributed by atoms with Crippen molar-refractivity contribution in [3.05, 3.63) is 12.7 Å². The first-order chi connectivity index (χ1) is 5.44. The normalized spacial score (nSPS) is 17.1. The number of aliphatic hydroxyl groups excluding tert-OH is 1. The fourth-order valence-corrected chi connectivity index (χ4v) is 0.850. The van der Waals surface area contributed by atoms with E-state index in [9.17, 15) is 5.11 Å². The minimum absolute atomic E-state index is 0.0965. The lowest BCUT2D eigenvalue weighted by Gasteiger charge is -2.28. The molecule has 2 nitrogen and oxygen atoms in total. The molecular formula is C10H20O2. The van der Waals surface area contributed by atoms with Crippen molar-refractivity contribution in [2.75, 3.05) is 7.11 Å². The summed E-state index contributed by atoms with van der Waals surface area (Å²) in [4.78, 5) is 0. The summed E-state index contributed by atoms with van der Waals surface area (Å²) in [6.07, 6.45) is 2.14. The molecule has 0 heterocycles. The van der Waals surface area contributed by atoms with E-state index in [0.717, 1.165) is 0 Å². The molecule has 0 rings (SSSR count). The van der Waals surface area contributed by atoms with Crippen LogP contribution in [-0.2, 0) is 4.74 Å². The van der Waals surface area contributed by atoms with Gasteiger partial charge in [-0.05, 0) is 6.92 Å². The quantitative estimate of drug-likeness (QED) is 0.643. The van der Waals surface area contributed by atoms with Gasteiger partial charge in [0.1, 0.15) is 0 Å². The second-order valence-corrected chi connectivity index (χ2v) is 3.82. The molecule has 0 aromatic carbocycles. The summed E-state index contributed by atoms with van der Waals surface area (Å²) < 4.78 is 5.07. The van der Waals surface area contributed by atoms with Crippen LogP contribution in [-0.4, -0.2) is 24.4 Å². The molecule has 0 saturated heterocycles. The largest absolute Gasteiger partial charge is 0.392 e. The van der Waals surface area contributed by atoms with Crippen molar-refractivity contribution in [1.82, 2.24) is 0 Å². The summed E-state index contributed by atoms with van der Waals surface area (Å²) in [5, 5.41) is 9.73. The molecule has 0 aliphatic heterocycles. The molecule has 0 saturated carbocycles. The number of methoxy groups -OCH3 is 1. The van der Waals surface area contributed by atoms with E-state index in [0.29, 0.717) is 6.42 Å². The van der Waals surface area contributed by atoms with E-state index in [1.165, 1.54) is 0 Å². The Kier molecular flexibility index (Phi) is 4.50. The molecule has 0 unspecified atom stereocenters. The molecule has 0 aliphatic rings. The third-order valence-corrected chi connectivity index (χ3v) is 2.34. The highest BCUT2D eigenvalue weighted by Gasteiger charge is 2.25. The second-order valence-electron chi connectivity index (χ2n) is 3.82. The summed E-state index contributed by atoms with van der Waals surface area (Å²) in [5.41, 5.74) is -0.229. The van der Waals surface area contributed by atoms with Gasteiger partial charge in [-0.15, -0.1) is 6.58 Å². The lowest BCUT2D eigenvalue weighted by molar-refractivity contribution is 0.0145. The van der Waals surface area contributed by atoms with Gasteiger partial charge in [0.15, 0.2) is 0 Å². The van der Waals surface area contributed by atoms with Crippen LogP contribution in [0.3, 0.4) is 0 Å². The van der Waals surface area contributed by atoms with Crippen LogP contribution in [0.15, 0.2) is 12.7 Å². The highest BCUT2D eigenvalue weighted by atomic mass is 16.5. The van der Waals surface area contributed by atoms with Gasteiger partial charge in [0, 0.05) is 18.9 Å². The first-order valence-electron chi connectivity index (χ1n) is 4.28. The lowest BCUT2D eigenvalue weighted by Crippen LogP contribution is -2.30. The van der Waals surface area contributed by atoms with E-state index in [-0.39, 0.29) is 17.6 Å². The molecule has 0 spiro atoms. The highest BCUT2D eigenvalue weighted by Crippen LogP contribution is 2.25. The van der Waals surface area contributed by atoms with Crippen LogP contribution < -0.4 is 0 Å². The zero-order chi connectivity index (χ0) is 9.78. The Balaban J connectivity index is 4.02. The number of rotatable bonds is 5. The van der Waals surface area contributed by atoms with E-state index in [2.05, 4.69) is 6.58 Å². The minimum Gasteiger partial charge on any atom is -0.392 e. The molecule has 72 valence electrons. The van der Waals surface area contributed by atoms with Crippen molar-refractivity contribution in [2.45, 2.75) is 39.4 Å². The Morgan fingerprint density at radius 2 is 2.08 bits per heavy atom. The summed E-state index contributed by atoms with van der Waals surface area (Å²) >= 11 is 0. The molecule has 0 aliphatic carbocycles. The zero-order valence-electron chi connectivity index (χ0n) is 8.50. The second kappa shape index (κ2) is 4.63. The Labute approximate surface area is 75.2 Å². The van der Waals surface area contributed by atoms with E-state index < -0.39 is 0 Å². The molecule has 2 atom stereocenters. The van der Waals surface area contributed by atoms with Gasteiger partial charge in [0.25, 0.3) is 0 Å². The topological polar surface area (TPSA) is 29.5 Å². The van der Waals surface area contributed by atoms with Crippen molar-refractivity contribution in [2.24, 2.45) is 5.41 Å². The first-order valence-corrected chi connectivity index (χ1v) is 4.28. The van der Waals surface area contributed by atoms with Crippen LogP contribution >= 0.6 is 0 Å². The molecule has 1 N–H and O–H groups in total. The Morgan fingerprint density at radius 1 is 1.58 bits per heavy atom. The number of ether oxygens (including phenoxy) is 1. The average Bonchev–Trinajstić information content (AvgIpc) is 2.04. The molecule has 0 aromatic rings. The lowest BCUT2D eigenvalue weighted by atomic mass is 9.84. The predicted molar refractivity (Wildman–Crippen MR) is 51.1 cm³/mol. The summed E-state index contributed by atoms with van der Waals surface area (Å²) in [6, 6.07) is 0. The first kappa shape index (κ1) is 11.7. The fourth-order valence-electron chi connectivity index (χ4n) is 0.850. The van der Waals surface area contributed by atoms with Crippen molar-refractivity contribution in [3.63, 3.8) is 0 Å². The Hall–Kier alpha value is -0.340. The molecule has 0 aromatic heterocycles. The van der Waals surface area contributed by atoms with Crippen molar-refractivity contribution < 1.29 is 9.84 Å². The van der Waals surface area contributed by atoms with Crippen LogP contribution in [0.25, 0.3) is 0 Å². The van der Waals surface area contributed by atoms with Crippen LogP contribution in [0.1, 0.15) is 27.2 Å². The smallest absolute Gasteiger partial charge is 0.0650 e. The summed E-state index contributed by atoms with van der Waals surface area (Å²) in [5.74, 6) is 0. The van der Waals surface area contributed by atoms with Crippen molar-refractivity contribution in [3.8, 4) is 0 Å². The Morgan fingerprint density at radius 3 is 2.42 bits per heavy atom. The van der Waals surface area contributed by atoms with Gasteiger partial charge in [0.2, 0.25) is 0 Å². The Bertz CT molecular complexity index is 141. The molecule has 0 amide bonds. The van der Waals surface area contributed by atoms with Crippen LogP contribution in [0.2, 0.25) is 0 Å². The maximum atomic E-state index is 9.73. The van der Waals surface area contributed by atoms with Gasteiger partial charge >= 0.3 is 0 Å². The monoisotopic (exact) mass is 172 g/mol. The van der Waals surface area contributed by atoms with E-state index in [1.807, 2.05) is 20.8 Å². The van der Waals surface area contributed by atoms with Crippen LogP contribution in [0, 0.1) is 5.41 Å². The van der Waals surface area contributed by atoms with Gasteiger partial charge in [-0.1, -0.05) is 19.9 Å². The number of hydrogen-bond acceptors (Lipinski definition) is 2. The average molecular weight is 172 g/mol. The summed E-state index contributed by atoms with van der Waals surface area (Å²) in [7, 11) is 1.65. The van der Waals surface area contributed by atoms with Gasteiger partial charge in [0.05, 0.1) is 12.2 Å². The van der Waals surface area contributed by atoms with Crippen LogP contribution in [0.4, 0.5) is 0 Å². The standard InChI is InChI=1S/C10H20O2/c1-6-10(3,4)9(11)7-8(2)12-5/h6,8-9,11H,1,7H2,2-5H3/t8-,9-/m1/s1. The molecule has 0 fully saturated rings. The third kappa shape index (κ3) is 3.37. The van der Waals surface area contributed by atoms with Gasteiger partial charge in [-0.3, -0.25) is 0 Å². The van der Waals surface area contributed by atoms with Gasteiger partial charge in [-0.2, -0.15) is 0 Å². The minimum atomic E-state index is -0.384.